The van der Waals surface area contributed by atoms with E-state index < -0.39 is 13.9 Å². The van der Waals surface area contributed by atoms with Crippen LogP contribution in [-0.2, 0) is 27.9 Å². The molecular weight excluding hydrogens is 818 g/mol. The number of phosphoric acid groups is 1. The molecule has 2 unspecified atom stereocenters. The van der Waals surface area contributed by atoms with Crippen molar-refractivity contribution in [2.45, 2.75) is 283 Å². The monoisotopic (exact) mass is 929 g/mol. The Morgan fingerprint density at radius 2 is 0.812 bits per heavy atom. The average Bonchev–Trinajstić information content (AvgIpc) is 3.25. The van der Waals surface area contributed by atoms with E-state index in [0.29, 0.717) is 24.1 Å². The van der Waals surface area contributed by atoms with Gasteiger partial charge in [-0.1, -0.05) is 244 Å². The maximum absolute atomic E-state index is 12.8. The van der Waals surface area contributed by atoms with Gasteiger partial charge in [-0.2, -0.15) is 0 Å². The molecule has 0 aliphatic rings. The topological polar surface area (TPSA) is 91.3 Å². The van der Waals surface area contributed by atoms with Gasteiger partial charge in [-0.25, -0.2) is 4.57 Å². The van der Waals surface area contributed by atoms with Gasteiger partial charge in [0.2, 0.25) is 0 Å². The Labute approximate surface area is 399 Å². The van der Waals surface area contributed by atoms with Crippen molar-refractivity contribution < 1.29 is 37.3 Å². The Morgan fingerprint density at radius 1 is 0.469 bits per heavy atom. The molecule has 0 saturated carbocycles. The van der Waals surface area contributed by atoms with Crippen LogP contribution in [0.3, 0.4) is 0 Å². The molecule has 0 bridgehead atoms. The fourth-order valence-electron chi connectivity index (χ4n) is 8.26. The first kappa shape index (κ1) is 63.2. The first-order valence-corrected chi connectivity index (χ1v) is 29.4. The standard InChI is InChI=1S/C55H110NO7P/c1-6-8-10-12-14-16-18-20-22-24-26-27-28-29-30-31-32-34-36-38-40-42-44-46-48-55(57)63-54(53-62-64(58,59)61-51-49-56(3,4)5)52-60-50-47-45-43-41-39-37-35-33-25-23-21-19-17-15-13-11-9-7-2/h21,23,54H,6-20,22,24-53H2,1-5H3/p+1/b23-21-. The zero-order valence-corrected chi connectivity index (χ0v) is 44.4. The summed E-state index contributed by atoms with van der Waals surface area (Å²) in [6, 6.07) is 0. The van der Waals surface area contributed by atoms with Gasteiger partial charge in [-0.05, 0) is 38.5 Å². The molecule has 0 rings (SSSR count). The summed E-state index contributed by atoms with van der Waals surface area (Å²) in [7, 11) is 1.68. The van der Waals surface area contributed by atoms with Gasteiger partial charge in [0.05, 0.1) is 34.4 Å². The quantitative estimate of drug-likeness (QED) is 0.0214. The molecule has 0 aliphatic carbocycles. The van der Waals surface area contributed by atoms with E-state index in [2.05, 4.69) is 26.0 Å². The van der Waals surface area contributed by atoms with Gasteiger partial charge < -0.3 is 18.9 Å². The highest BCUT2D eigenvalue weighted by atomic mass is 31.2. The lowest BCUT2D eigenvalue weighted by molar-refractivity contribution is -0.870. The summed E-state index contributed by atoms with van der Waals surface area (Å²) in [4.78, 5) is 23.0. The highest BCUT2D eigenvalue weighted by molar-refractivity contribution is 7.47. The molecule has 0 aromatic rings. The maximum atomic E-state index is 12.8. The van der Waals surface area contributed by atoms with Crippen LogP contribution < -0.4 is 0 Å². The normalized spacial score (nSPS) is 13.5. The van der Waals surface area contributed by atoms with E-state index in [1.165, 1.54) is 225 Å². The van der Waals surface area contributed by atoms with Gasteiger partial charge in [0.25, 0.3) is 0 Å². The Balaban J connectivity index is 4.04. The predicted octanol–water partition coefficient (Wildman–Crippen LogP) is 17.3. The molecular formula is C55H111NO7P+. The number of unbranched alkanes of at least 4 members (excludes halogenated alkanes) is 37. The van der Waals surface area contributed by atoms with Crippen LogP contribution in [0.4, 0.5) is 0 Å². The van der Waals surface area contributed by atoms with Crippen molar-refractivity contribution in [3.8, 4) is 0 Å². The third-order valence-electron chi connectivity index (χ3n) is 12.6. The van der Waals surface area contributed by atoms with Gasteiger partial charge in [0.15, 0.2) is 0 Å². The van der Waals surface area contributed by atoms with E-state index in [1.54, 1.807) is 0 Å². The Hall–Kier alpha value is -0.760. The summed E-state index contributed by atoms with van der Waals surface area (Å²) < 4.78 is 35.2. The van der Waals surface area contributed by atoms with Gasteiger partial charge in [0.1, 0.15) is 19.3 Å². The van der Waals surface area contributed by atoms with Crippen molar-refractivity contribution >= 4 is 13.8 Å². The number of carbonyl (C=O) groups is 1. The zero-order chi connectivity index (χ0) is 46.9. The van der Waals surface area contributed by atoms with Gasteiger partial charge in [-0.3, -0.25) is 13.8 Å². The molecule has 0 heterocycles. The van der Waals surface area contributed by atoms with Gasteiger partial charge >= 0.3 is 13.8 Å². The van der Waals surface area contributed by atoms with Crippen LogP contribution in [-0.4, -0.2) is 75.6 Å². The van der Waals surface area contributed by atoms with Crippen molar-refractivity contribution in [3.05, 3.63) is 12.2 Å². The molecule has 64 heavy (non-hydrogen) atoms. The summed E-state index contributed by atoms with van der Waals surface area (Å²) >= 11 is 0. The second kappa shape index (κ2) is 48.7. The second-order valence-electron chi connectivity index (χ2n) is 20.3. The third-order valence-corrected chi connectivity index (χ3v) is 13.6. The van der Waals surface area contributed by atoms with Crippen molar-refractivity contribution in [3.63, 3.8) is 0 Å². The summed E-state index contributed by atoms with van der Waals surface area (Å²) in [6.45, 7) is 5.68. The lowest BCUT2D eigenvalue weighted by Crippen LogP contribution is -2.37. The number of allylic oxidation sites excluding steroid dienone is 2. The lowest BCUT2D eigenvalue weighted by atomic mass is 10.0. The minimum atomic E-state index is -4.28. The molecule has 0 aromatic carbocycles. The molecule has 382 valence electrons. The van der Waals surface area contributed by atoms with Crippen molar-refractivity contribution in [2.24, 2.45) is 0 Å². The number of rotatable bonds is 53. The number of ether oxygens (including phenoxy) is 2. The fourth-order valence-corrected chi connectivity index (χ4v) is 9.00. The molecule has 0 amide bonds. The van der Waals surface area contributed by atoms with Crippen LogP contribution in [0.25, 0.3) is 0 Å². The molecule has 2 atom stereocenters. The van der Waals surface area contributed by atoms with Crippen LogP contribution in [0.15, 0.2) is 12.2 Å². The molecule has 0 fully saturated rings. The number of hydrogen-bond acceptors (Lipinski definition) is 6. The van der Waals surface area contributed by atoms with Gasteiger partial charge in [0, 0.05) is 13.0 Å². The van der Waals surface area contributed by atoms with Crippen molar-refractivity contribution in [2.75, 3.05) is 54.1 Å². The molecule has 0 aliphatic heterocycles. The molecule has 8 nitrogen and oxygen atoms in total. The Bertz CT molecular complexity index is 1030. The summed E-state index contributed by atoms with van der Waals surface area (Å²) in [5, 5.41) is 0. The first-order valence-electron chi connectivity index (χ1n) is 27.9. The van der Waals surface area contributed by atoms with Crippen LogP contribution in [0, 0.1) is 0 Å². The first-order chi connectivity index (χ1) is 31.1. The second-order valence-corrected chi connectivity index (χ2v) is 21.8. The van der Waals surface area contributed by atoms with Crippen molar-refractivity contribution in [1.29, 1.82) is 0 Å². The number of likely N-dealkylation sites (N-methyl/N-ethyl adjacent to an activating group) is 1. The number of esters is 1. The van der Waals surface area contributed by atoms with E-state index in [-0.39, 0.29) is 25.8 Å². The number of quaternary nitrogens is 1. The molecule has 0 saturated heterocycles. The summed E-state index contributed by atoms with van der Waals surface area (Å²) in [5.74, 6) is -0.307. The minimum Gasteiger partial charge on any atom is -0.457 e. The van der Waals surface area contributed by atoms with E-state index in [9.17, 15) is 14.3 Å². The number of nitrogens with zero attached hydrogens (tertiary/aromatic N) is 1. The van der Waals surface area contributed by atoms with Crippen LogP contribution in [0.1, 0.15) is 277 Å². The Morgan fingerprint density at radius 3 is 1.19 bits per heavy atom. The Kier molecular flexibility index (Phi) is 48.1. The van der Waals surface area contributed by atoms with Crippen LogP contribution in [0.5, 0.6) is 0 Å². The van der Waals surface area contributed by atoms with E-state index in [4.69, 9.17) is 18.5 Å². The maximum Gasteiger partial charge on any atom is 0.472 e. The smallest absolute Gasteiger partial charge is 0.457 e. The van der Waals surface area contributed by atoms with E-state index >= 15 is 0 Å². The summed E-state index contributed by atoms with van der Waals surface area (Å²) in [5.41, 5.74) is 0. The van der Waals surface area contributed by atoms with E-state index in [1.807, 2.05) is 21.1 Å². The zero-order valence-electron chi connectivity index (χ0n) is 43.6. The average molecular weight is 929 g/mol. The number of phosphoric ester groups is 1. The molecule has 0 spiro atoms. The van der Waals surface area contributed by atoms with Crippen molar-refractivity contribution in [1.82, 2.24) is 0 Å². The summed E-state index contributed by atoms with van der Waals surface area (Å²) in [6.07, 6.45) is 57.0. The SMILES string of the molecule is CCCCCCCC/C=C\CCCCCCCCCCOCC(COP(=O)(O)OCC[N+](C)(C)C)OC(=O)CCCCCCCCCCCCCCCCCCCCCCCCCC. The number of hydrogen-bond donors (Lipinski definition) is 1. The third kappa shape index (κ3) is 52.2. The molecule has 0 aromatic heterocycles. The van der Waals surface area contributed by atoms with Gasteiger partial charge in [-0.15, -0.1) is 0 Å². The van der Waals surface area contributed by atoms with E-state index in [0.717, 1.165) is 32.1 Å². The highest BCUT2D eigenvalue weighted by Gasteiger charge is 2.26. The van der Waals surface area contributed by atoms with Crippen LogP contribution >= 0.6 is 7.82 Å². The highest BCUT2D eigenvalue weighted by Crippen LogP contribution is 2.43. The predicted molar refractivity (Wildman–Crippen MR) is 275 cm³/mol. The number of carbonyl (C=O) groups excluding carboxylic acids is 1. The molecule has 1 N–H and O–H groups in total. The fraction of sp³-hybridized carbons (Fsp3) is 0.945. The molecule has 0 radical (unpaired) electrons. The molecule has 9 heteroatoms. The lowest BCUT2D eigenvalue weighted by Gasteiger charge is -2.24. The largest absolute Gasteiger partial charge is 0.472 e. The minimum absolute atomic E-state index is 0.0918. The van der Waals surface area contributed by atoms with Crippen LogP contribution in [0.2, 0.25) is 0 Å².